The van der Waals surface area contributed by atoms with Gasteiger partial charge in [0.2, 0.25) is 0 Å². The lowest BCUT2D eigenvalue weighted by Gasteiger charge is -2.01. The second-order valence-corrected chi connectivity index (χ2v) is 2.26. The van der Waals surface area contributed by atoms with E-state index in [2.05, 4.69) is 4.98 Å². The predicted octanol–water partition coefficient (Wildman–Crippen LogP) is 1.77. The lowest BCUT2D eigenvalue weighted by atomic mass is 10.3. The monoisotopic (exact) mass is 208 g/mol. The van der Waals surface area contributed by atoms with Gasteiger partial charge in [0.05, 0.1) is 11.0 Å². The highest BCUT2D eigenvalue weighted by molar-refractivity contribution is 5.41. The number of rotatable bonds is 2. The lowest BCUT2D eigenvalue weighted by molar-refractivity contribution is -0.386. The van der Waals surface area contributed by atoms with Gasteiger partial charge in [-0.1, -0.05) is 0 Å². The van der Waals surface area contributed by atoms with Crippen LogP contribution in [0.1, 0.15) is 12.1 Å². The second-order valence-electron chi connectivity index (χ2n) is 2.26. The van der Waals surface area contributed by atoms with E-state index in [1.54, 1.807) is 0 Å². The van der Waals surface area contributed by atoms with Crippen molar-refractivity contribution in [2.75, 3.05) is 0 Å². The summed E-state index contributed by atoms with van der Waals surface area (Å²) in [5, 5.41) is 18.9. The van der Waals surface area contributed by atoms with Crippen molar-refractivity contribution in [3.05, 3.63) is 27.8 Å². The Labute approximate surface area is 75.0 Å². The summed E-state index contributed by atoms with van der Waals surface area (Å²) in [6.45, 7) is 0. The number of halogens is 3. The van der Waals surface area contributed by atoms with E-state index in [-0.39, 0.29) is 0 Å². The molecule has 8 heteroatoms. The Kier molecular flexibility index (Phi) is 2.54. The van der Waals surface area contributed by atoms with Gasteiger partial charge in [-0.3, -0.25) is 10.1 Å². The molecule has 5 nitrogen and oxygen atoms in total. The summed E-state index contributed by atoms with van der Waals surface area (Å²) >= 11 is 0. The van der Waals surface area contributed by atoms with Gasteiger partial charge in [0.15, 0.2) is 11.4 Å². The van der Waals surface area contributed by atoms with Gasteiger partial charge in [-0.05, 0) is 0 Å². The third-order valence-electron chi connectivity index (χ3n) is 1.37. The molecule has 0 aliphatic carbocycles. The molecule has 0 aliphatic heterocycles. The van der Waals surface area contributed by atoms with E-state index in [1.165, 1.54) is 0 Å². The Morgan fingerprint density at radius 3 is 2.57 bits per heavy atom. The number of aromatic hydroxyl groups is 1. The van der Waals surface area contributed by atoms with Crippen LogP contribution in [0, 0.1) is 16.1 Å². The molecule has 0 amide bonds. The first kappa shape index (κ1) is 10.2. The van der Waals surface area contributed by atoms with Gasteiger partial charge in [0.25, 0.3) is 12.4 Å². The molecule has 0 fully saturated rings. The summed E-state index contributed by atoms with van der Waals surface area (Å²) in [4.78, 5) is 11.6. The lowest BCUT2D eigenvalue weighted by Crippen LogP contribution is -2.01. The molecule has 0 radical (unpaired) electrons. The summed E-state index contributed by atoms with van der Waals surface area (Å²) < 4.78 is 36.6. The summed E-state index contributed by atoms with van der Waals surface area (Å²) in [6.07, 6.45) is -3.27. The number of pyridine rings is 1. The van der Waals surface area contributed by atoms with E-state index >= 15 is 0 Å². The zero-order valence-electron chi connectivity index (χ0n) is 6.45. The minimum atomic E-state index is -3.27. The molecule has 1 N–H and O–H groups in total. The second kappa shape index (κ2) is 3.48. The van der Waals surface area contributed by atoms with Crippen molar-refractivity contribution in [3.8, 4) is 5.75 Å². The van der Waals surface area contributed by atoms with Crippen molar-refractivity contribution in [1.82, 2.24) is 4.98 Å². The Morgan fingerprint density at radius 2 is 2.14 bits per heavy atom. The number of alkyl halides is 2. The highest BCUT2D eigenvalue weighted by Crippen LogP contribution is 2.30. The van der Waals surface area contributed by atoms with E-state index < -0.39 is 34.4 Å². The average Bonchev–Trinajstić information content (AvgIpc) is 2.08. The molecule has 1 heterocycles. The molecule has 1 rings (SSSR count). The molecular weight excluding hydrogens is 205 g/mol. The van der Waals surface area contributed by atoms with Gasteiger partial charge in [-0.2, -0.15) is 4.39 Å². The first-order valence-corrected chi connectivity index (χ1v) is 3.25. The molecular formula is C6H3F3N2O3. The van der Waals surface area contributed by atoms with Gasteiger partial charge in [-0.25, -0.2) is 13.8 Å². The van der Waals surface area contributed by atoms with Crippen LogP contribution in [0.15, 0.2) is 6.07 Å². The molecule has 1 aromatic rings. The van der Waals surface area contributed by atoms with Gasteiger partial charge < -0.3 is 5.11 Å². The highest BCUT2D eigenvalue weighted by atomic mass is 19.3. The Balaban J connectivity index is 3.39. The maximum absolute atomic E-state index is 12.5. The molecule has 0 bridgehead atoms. The fourth-order valence-corrected chi connectivity index (χ4v) is 0.790. The van der Waals surface area contributed by atoms with Crippen molar-refractivity contribution >= 4 is 5.69 Å². The zero-order valence-corrected chi connectivity index (χ0v) is 6.45. The molecule has 0 atom stereocenters. The first-order valence-electron chi connectivity index (χ1n) is 3.25. The van der Waals surface area contributed by atoms with Crippen LogP contribution < -0.4 is 0 Å². The van der Waals surface area contributed by atoms with Crippen LogP contribution in [0.2, 0.25) is 0 Å². The quantitative estimate of drug-likeness (QED) is 0.456. The van der Waals surface area contributed by atoms with E-state index in [1.807, 2.05) is 0 Å². The summed E-state index contributed by atoms with van der Waals surface area (Å²) in [5.74, 6) is -2.70. The molecule has 1 aromatic heterocycles. The normalized spacial score (nSPS) is 10.6. The van der Waals surface area contributed by atoms with E-state index in [0.29, 0.717) is 6.07 Å². The Hall–Kier alpha value is -1.86. The fraction of sp³-hybridized carbons (Fsp3) is 0.167. The molecule has 76 valence electrons. The molecule has 0 aromatic carbocycles. The maximum atomic E-state index is 12.5. The van der Waals surface area contributed by atoms with Crippen LogP contribution in [-0.4, -0.2) is 15.0 Å². The van der Waals surface area contributed by atoms with Crippen LogP contribution in [0.4, 0.5) is 18.9 Å². The topological polar surface area (TPSA) is 76.3 Å². The average molecular weight is 208 g/mol. The summed E-state index contributed by atoms with van der Waals surface area (Å²) in [6, 6.07) is 0.295. The standard InChI is InChI=1S/C6H3F3N2O3/c7-5(8)4-2(11(13)14)1-3(12)6(9)10-4/h1,5,12H. The smallest absolute Gasteiger partial charge is 0.300 e. The summed E-state index contributed by atoms with van der Waals surface area (Å²) in [7, 11) is 0. The van der Waals surface area contributed by atoms with Crippen molar-refractivity contribution < 1.29 is 23.2 Å². The van der Waals surface area contributed by atoms with Crippen molar-refractivity contribution in [1.29, 1.82) is 0 Å². The number of nitrogens with zero attached hydrogens (tertiary/aromatic N) is 2. The van der Waals surface area contributed by atoms with Gasteiger partial charge in [0, 0.05) is 0 Å². The van der Waals surface area contributed by atoms with Gasteiger partial charge in [-0.15, -0.1) is 0 Å². The number of nitro groups is 1. The minimum Gasteiger partial charge on any atom is -0.503 e. The maximum Gasteiger partial charge on any atom is 0.300 e. The van der Waals surface area contributed by atoms with E-state index in [4.69, 9.17) is 5.11 Å². The fourth-order valence-electron chi connectivity index (χ4n) is 0.790. The summed E-state index contributed by atoms with van der Waals surface area (Å²) in [5.41, 5.74) is -2.41. The molecule has 0 aliphatic rings. The van der Waals surface area contributed by atoms with Crippen LogP contribution in [0.5, 0.6) is 5.75 Å². The van der Waals surface area contributed by atoms with Crippen LogP contribution in [-0.2, 0) is 0 Å². The Bertz CT molecular complexity index is 383. The van der Waals surface area contributed by atoms with Crippen LogP contribution in [0.25, 0.3) is 0 Å². The number of hydrogen-bond acceptors (Lipinski definition) is 4. The largest absolute Gasteiger partial charge is 0.503 e. The molecule has 14 heavy (non-hydrogen) atoms. The Morgan fingerprint density at radius 1 is 1.57 bits per heavy atom. The third-order valence-corrected chi connectivity index (χ3v) is 1.37. The van der Waals surface area contributed by atoms with Crippen molar-refractivity contribution in [2.24, 2.45) is 0 Å². The minimum absolute atomic E-state index is 0.295. The number of hydrogen-bond donors (Lipinski definition) is 1. The van der Waals surface area contributed by atoms with Gasteiger partial charge >= 0.3 is 5.69 Å². The van der Waals surface area contributed by atoms with Crippen molar-refractivity contribution in [3.63, 3.8) is 0 Å². The third kappa shape index (κ3) is 1.73. The molecule has 0 saturated carbocycles. The van der Waals surface area contributed by atoms with Crippen LogP contribution in [0.3, 0.4) is 0 Å². The van der Waals surface area contributed by atoms with Crippen molar-refractivity contribution in [2.45, 2.75) is 6.43 Å². The first-order chi connectivity index (χ1) is 6.43. The highest BCUT2D eigenvalue weighted by Gasteiger charge is 2.26. The molecule has 0 unspecified atom stereocenters. The predicted molar refractivity (Wildman–Crippen MR) is 37.5 cm³/mol. The van der Waals surface area contributed by atoms with E-state index in [9.17, 15) is 23.3 Å². The van der Waals surface area contributed by atoms with Crippen LogP contribution >= 0.6 is 0 Å². The molecule has 0 spiro atoms. The zero-order chi connectivity index (χ0) is 10.9. The number of aromatic nitrogens is 1. The van der Waals surface area contributed by atoms with Gasteiger partial charge in [0.1, 0.15) is 0 Å². The molecule has 0 saturated heterocycles. The SMILES string of the molecule is O=[N+]([O-])c1cc(O)c(F)nc1C(F)F. The van der Waals surface area contributed by atoms with E-state index in [0.717, 1.165) is 0 Å².